The lowest BCUT2D eigenvalue weighted by atomic mass is 10.1. The number of rotatable bonds is 2. The van der Waals surface area contributed by atoms with Crippen molar-refractivity contribution in [3.8, 4) is 11.5 Å². The van der Waals surface area contributed by atoms with E-state index >= 15 is 0 Å². The van der Waals surface area contributed by atoms with Crippen LogP contribution in [0.3, 0.4) is 0 Å². The van der Waals surface area contributed by atoms with Crippen LogP contribution in [0.15, 0.2) is 29.0 Å². The molecule has 1 atom stereocenters. The van der Waals surface area contributed by atoms with Crippen molar-refractivity contribution in [1.29, 1.82) is 0 Å². The normalized spacial score (nSPS) is 19.1. The molecule has 4 aromatic rings. The molecule has 1 saturated heterocycles. The molecule has 1 unspecified atom stereocenters. The molecule has 0 saturated carbocycles. The zero-order valence-electron chi connectivity index (χ0n) is 15.6. The lowest BCUT2D eigenvalue weighted by Gasteiger charge is -2.17. The topological polar surface area (TPSA) is 92.4 Å². The van der Waals surface area contributed by atoms with Crippen molar-refractivity contribution in [1.82, 2.24) is 19.5 Å². The van der Waals surface area contributed by atoms with Gasteiger partial charge in [0.05, 0.1) is 5.60 Å². The van der Waals surface area contributed by atoms with E-state index in [0.717, 1.165) is 17.6 Å². The summed E-state index contributed by atoms with van der Waals surface area (Å²) in [6, 6.07) is 5.17. The Labute approximate surface area is 165 Å². The fourth-order valence-corrected chi connectivity index (χ4v) is 3.96. The lowest BCUT2D eigenvalue weighted by molar-refractivity contribution is -0.583. The molecule has 0 N–H and O–H groups in total. The fourth-order valence-electron chi connectivity index (χ4n) is 3.80. The van der Waals surface area contributed by atoms with Crippen molar-refractivity contribution < 1.29 is 14.0 Å². The number of imidazole rings is 1. The Morgan fingerprint density at radius 2 is 2.18 bits per heavy atom. The first-order chi connectivity index (χ1) is 13.3. The van der Waals surface area contributed by atoms with Crippen LogP contribution in [0.4, 0.5) is 0 Å². The Kier molecular flexibility index (Phi) is 3.66. The summed E-state index contributed by atoms with van der Waals surface area (Å²) in [5, 5.41) is 17.4. The van der Waals surface area contributed by atoms with Crippen LogP contribution in [-0.2, 0) is 4.74 Å². The highest BCUT2D eigenvalue weighted by Crippen LogP contribution is 2.39. The molecule has 1 aliphatic heterocycles. The summed E-state index contributed by atoms with van der Waals surface area (Å²) in [4.78, 5) is 8.96. The summed E-state index contributed by atoms with van der Waals surface area (Å²) in [6.07, 6.45) is 3.17. The maximum Gasteiger partial charge on any atom is 0.256 e. The van der Waals surface area contributed by atoms with Gasteiger partial charge in [0.25, 0.3) is 5.89 Å². The van der Waals surface area contributed by atoms with Gasteiger partial charge in [-0.25, -0.2) is 4.98 Å². The van der Waals surface area contributed by atoms with Crippen molar-refractivity contribution in [3.05, 3.63) is 46.3 Å². The zero-order chi connectivity index (χ0) is 19.6. The molecule has 0 radical (unpaired) electrons. The smallest absolute Gasteiger partial charge is 0.256 e. The fraction of sp³-hybridized carbons (Fsp3) is 0.368. The number of halogens is 1. The van der Waals surface area contributed by atoms with E-state index in [2.05, 4.69) is 15.1 Å². The highest BCUT2D eigenvalue weighted by molar-refractivity contribution is 6.31. The van der Waals surface area contributed by atoms with Crippen LogP contribution in [0.5, 0.6) is 0 Å². The first-order valence-electron chi connectivity index (χ1n) is 9.04. The van der Waals surface area contributed by atoms with Crippen LogP contribution >= 0.6 is 11.6 Å². The highest BCUT2D eigenvalue weighted by Gasteiger charge is 2.36. The highest BCUT2D eigenvalue weighted by atomic mass is 35.5. The van der Waals surface area contributed by atoms with Crippen molar-refractivity contribution in [2.75, 3.05) is 0 Å². The number of aryl methyl sites for hydroxylation is 1. The SMILES string of the molecule is Cc1c2c(-c3noc(C4CCC(C)(C)O4)n3)ncn2c2ccc(Cl)cc2[n+]1[O-]. The number of benzene rings is 1. The first-order valence-corrected chi connectivity index (χ1v) is 9.42. The third kappa shape index (κ3) is 2.56. The molecule has 28 heavy (non-hydrogen) atoms. The maximum absolute atomic E-state index is 12.8. The van der Waals surface area contributed by atoms with Crippen LogP contribution < -0.4 is 4.73 Å². The molecule has 9 heteroatoms. The van der Waals surface area contributed by atoms with Crippen molar-refractivity contribution in [2.45, 2.75) is 45.3 Å². The largest absolute Gasteiger partial charge is 0.618 e. The number of nitrogens with zero attached hydrogens (tertiary/aromatic N) is 5. The zero-order valence-corrected chi connectivity index (χ0v) is 16.4. The molecule has 144 valence electrons. The molecular weight excluding hydrogens is 382 g/mol. The number of hydrogen-bond donors (Lipinski definition) is 0. The van der Waals surface area contributed by atoms with Gasteiger partial charge >= 0.3 is 0 Å². The van der Waals surface area contributed by atoms with Crippen LogP contribution in [0.1, 0.15) is 44.4 Å². The Hall–Kier alpha value is -2.71. The maximum atomic E-state index is 12.8. The second kappa shape index (κ2) is 5.89. The molecular formula is C19H18ClN5O3. The van der Waals surface area contributed by atoms with Crippen molar-refractivity contribution in [2.24, 2.45) is 0 Å². The average Bonchev–Trinajstić information content (AvgIpc) is 3.36. The van der Waals surface area contributed by atoms with Gasteiger partial charge in [-0.1, -0.05) is 16.8 Å². The quantitative estimate of drug-likeness (QED) is 0.376. The third-order valence-electron chi connectivity index (χ3n) is 5.23. The van der Waals surface area contributed by atoms with Crippen molar-refractivity contribution in [3.63, 3.8) is 0 Å². The minimum absolute atomic E-state index is 0.203. The van der Waals surface area contributed by atoms with Crippen LogP contribution in [-0.4, -0.2) is 25.1 Å². The molecule has 0 bridgehead atoms. The first kappa shape index (κ1) is 17.4. The van der Waals surface area contributed by atoms with Gasteiger partial charge in [0, 0.05) is 18.0 Å². The summed E-state index contributed by atoms with van der Waals surface area (Å²) in [5.41, 5.74) is 2.56. The monoisotopic (exact) mass is 399 g/mol. The molecule has 0 spiro atoms. The van der Waals surface area contributed by atoms with Gasteiger partial charge in [0.15, 0.2) is 0 Å². The molecule has 0 aliphatic carbocycles. The minimum Gasteiger partial charge on any atom is -0.618 e. The molecule has 1 fully saturated rings. The molecule has 5 rings (SSSR count). The standard InChI is InChI=1S/C19H18ClN5O3/c1-10-16-15(17-22-18(28-23-17)14-6-7-19(2,3)27-14)21-9-24(16)12-5-4-11(20)8-13(12)25(10)26/h4-5,8-9,14H,6-7H2,1-3H3. The second-order valence-corrected chi connectivity index (χ2v) is 8.12. The minimum atomic E-state index is -0.223. The van der Waals surface area contributed by atoms with Gasteiger partial charge in [0.2, 0.25) is 17.0 Å². The van der Waals surface area contributed by atoms with Gasteiger partial charge in [-0.2, -0.15) is 9.71 Å². The lowest BCUT2D eigenvalue weighted by Crippen LogP contribution is -2.32. The Morgan fingerprint density at radius 1 is 1.36 bits per heavy atom. The van der Waals surface area contributed by atoms with E-state index in [0.29, 0.717) is 44.7 Å². The number of aromatic nitrogens is 5. The molecule has 3 aromatic heterocycles. The molecule has 1 aliphatic rings. The number of fused-ring (bicyclic) bond motifs is 3. The van der Waals surface area contributed by atoms with Crippen LogP contribution in [0.25, 0.3) is 28.1 Å². The summed E-state index contributed by atoms with van der Waals surface area (Å²) in [6.45, 7) is 5.82. The van der Waals surface area contributed by atoms with Gasteiger partial charge in [-0.3, -0.25) is 4.40 Å². The molecule has 4 heterocycles. The van der Waals surface area contributed by atoms with Gasteiger partial charge in [0.1, 0.15) is 29.2 Å². The van der Waals surface area contributed by atoms with Gasteiger partial charge in [-0.05, 0) is 38.8 Å². The predicted octanol–water partition coefficient (Wildman–Crippen LogP) is 3.76. The van der Waals surface area contributed by atoms with E-state index in [9.17, 15) is 5.21 Å². The van der Waals surface area contributed by atoms with Crippen LogP contribution in [0.2, 0.25) is 5.02 Å². The Balaban J connectivity index is 1.65. The summed E-state index contributed by atoms with van der Waals surface area (Å²) in [5.74, 6) is 0.768. The van der Waals surface area contributed by atoms with Crippen LogP contribution in [0, 0.1) is 12.1 Å². The predicted molar refractivity (Wildman–Crippen MR) is 102 cm³/mol. The third-order valence-corrected chi connectivity index (χ3v) is 5.46. The summed E-state index contributed by atoms with van der Waals surface area (Å²) >= 11 is 6.06. The van der Waals surface area contributed by atoms with Gasteiger partial charge in [-0.15, -0.1) is 0 Å². The molecule has 0 amide bonds. The summed E-state index contributed by atoms with van der Waals surface area (Å²) < 4.78 is 14.1. The van der Waals surface area contributed by atoms with E-state index in [-0.39, 0.29) is 11.7 Å². The molecule has 1 aromatic carbocycles. The van der Waals surface area contributed by atoms with E-state index in [1.165, 1.54) is 0 Å². The van der Waals surface area contributed by atoms with E-state index < -0.39 is 0 Å². The Morgan fingerprint density at radius 3 is 2.93 bits per heavy atom. The average molecular weight is 400 g/mol. The van der Waals surface area contributed by atoms with E-state index in [4.69, 9.17) is 20.9 Å². The molecule has 8 nitrogen and oxygen atoms in total. The summed E-state index contributed by atoms with van der Waals surface area (Å²) in [7, 11) is 0. The van der Waals surface area contributed by atoms with Crippen molar-refractivity contribution >= 4 is 28.2 Å². The number of hydrogen-bond acceptors (Lipinski definition) is 6. The second-order valence-electron chi connectivity index (χ2n) is 7.69. The number of ether oxygens (including phenoxy) is 1. The van der Waals surface area contributed by atoms with Gasteiger partial charge < -0.3 is 14.5 Å². The van der Waals surface area contributed by atoms with E-state index in [1.54, 1.807) is 31.5 Å². The van der Waals surface area contributed by atoms with E-state index in [1.807, 2.05) is 18.2 Å². The Bertz CT molecular complexity index is 1230.